The third-order valence-electron chi connectivity index (χ3n) is 6.17. The summed E-state index contributed by atoms with van der Waals surface area (Å²) < 4.78 is 27.4. The molecule has 180 valence electrons. The van der Waals surface area contributed by atoms with E-state index in [2.05, 4.69) is 20.4 Å². The fourth-order valence-corrected chi connectivity index (χ4v) is 4.00. The Labute approximate surface area is 201 Å². The molecule has 0 saturated heterocycles. The fourth-order valence-electron chi connectivity index (χ4n) is 4.00. The van der Waals surface area contributed by atoms with Crippen LogP contribution in [0, 0.1) is 11.7 Å². The summed E-state index contributed by atoms with van der Waals surface area (Å²) in [5.74, 6) is 0.640. The fraction of sp³-hybridized carbons (Fsp3) is 0.280. The molecule has 1 aromatic carbocycles. The number of fused-ring (bicyclic) bond motifs is 1. The lowest BCUT2D eigenvalue weighted by atomic mass is 9.86. The van der Waals surface area contributed by atoms with E-state index in [1.54, 1.807) is 41.0 Å². The average Bonchev–Trinajstić information content (AvgIpc) is 3.21. The summed E-state index contributed by atoms with van der Waals surface area (Å²) in [7, 11) is 1.50. The zero-order valence-corrected chi connectivity index (χ0v) is 19.2. The summed E-state index contributed by atoms with van der Waals surface area (Å²) in [6.07, 6.45) is 6.60. The van der Waals surface area contributed by atoms with Gasteiger partial charge in [0.05, 0.1) is 19.3 Å². The van der Waals surface area contributed by atoms with Gasteiger partial charge in [-0.3, -0.25) is 4.79 Å². The Bertz CT molecular complexity index is 1390. The van der Waals surface area contributed by atoms with E-state index in [0.29, 0.717) is 46.5 Å². The van der Waals surface area contributed by atoms with Gasteiger partial charge >= 0.3 is 0 Å². The maximum atomic E-state index is 14.6. The smallest absolute Gasteiger partial charge is 0.253 e. The quantitative estimate of drug-likeness (QED) is 0.399. The van der Waals surface area contributed by atoms with Crippen LogP contribution in [0.5, 0.6) is 11.6 Å². The van der Waals surface area contributed by atoms with Crippen LogP contribution in [0.25, 0.3) is 16.8 Å². The second-order valence-corrected chi connectivity index (χ2v) is 8.48. The Morgan fingerprint density at radius 2 is 2.14 bits per heavy atom. The van der Waals surface area contributed by atoms with Gasteiger partial charge in [-0.15, -0.1) is 5.10 Å². The summed E-state index contributed by atoms with van der Waals surface area (Å²) in [6, 6.07) is 9.93. The van der Waals surface area contributed by atoms with Gasteiger partial charge in [0.15, 0.2) is 5.65 Å². The number of nitrogens with zero attached hydrogens (tertiary/aromatic N) is 4. The molecule has 3 aromatic heterocycles. The average molecular weight is 477 g/mol. The van der Waals surface area contributed by atoms with Crippen molar-refractivity contribution in [3.63, 3.8) is 0 Å². The molecule has 1 aliphatic rings. The highest BCUT2D eigenvalue weighted by atomic mass is 19.1. The molecular formula is C25H25FN6O3. The topological polar surface area (TPSA) is 117 Å². The van der Waals surface area contributed by atoms with E-state index in [4.69, 9.17) is 15.2 Å². The van der Waals surface area contributed by atoms with E-state index in [1.165, 1.54) is 25.8 Å². The van der Waals surface area contributed by atoms with Crippen molar-refractivity contribution in [1.82, 2.24) is 24.9 Å². The largest absolute Gasteiger partial charge is 0.493 e. The van der Waals surface area contributed by atoms with Crippen LogP contribution in [0.15, 0.2) is 48.8 Å². The number of nitrogens with one attached hydrogen (secondary N) is 1. The van der Waals surface area contributed by atoms with E-state index in [1.807, 2.05) is 0 Å². The molecule has 0 bridgehead atoms. The maximum Gasteiger partial charge on any atom is 0.253 e. The summed E-state index contributed by atoms with van der Waals surface area (Å²) in [5, 5.41) is 6.84. The summed E-state index contributed by atoms with van der Waals surface area (Å²) >= 11 is 0. The summed E-state index contributed by atoms with van der Waals surface area (Å²) in [6.45, 7) is 0.538. The molecule has 35 heavy (non-hydrogen) atoms. The molecule has 1 fully saturated rings. The number of methoxy groups -OCH3 is 1. The predicted molar refractivity (Wildman–Crippen MR) is 128 cm³/mol. The highest BCUT2D eigenvalue weighted by Crippen LogP contribution is 2.31. The highest BCUT2D eigenvalue weighted by molar-refractivity contribution is 5.95. The molecule has 0 spiro atoms. The zero-order chi connectivity index (χ0) is 24.4. The Morgan fingerprint density at radius 3 is 2.91 bits per heavy atom. The van der Waals surface area contributed by atoms with E-state index in [-0.39, 0.29) is 12.5 Å². The zero-order valence-electron chi connectivity index (χ0n) is 19.2. The molecule has 9 nitrogen and oxygen atoms in total. The van der Waals surface area contributed by atoms with Crippen LogP contribution in [0.2, 0.25) is 0 Å². The van der Waals surface area contributed by atoms with Crippen molar-refractivity contribution in [3.05, 3.63) is 65.7 Å². The van der Waals surface area contributed by atoms with Gasteiger partial charge in [0, 0.05) is 30.1 Å². The first-order chi connectivity index (χ1) is 17.0. The van der Waals surface area contributed by atoms with Crippen LogP contribution in [-0.2, 0) is 6.54 Å². The third-order valence-corrected chi connectivity index (χ3v) is 6.17. The molecule has 0 aliphatic heterocycles. The molecular weight excluding hydrogens is 451 g/mol. The highest BCUT2D eigenvalue weighted by Gasteiger charge is 2.20. The number of hydrogen-bond donors (Lipinski definition) is 2. The van der Waals surface area contributed by atoms with Crippen molar-refractivity contribution < 1.29 is 18.7 Å². The van der Waals surface area contributed by atoms with Crippen LogP contribution < -0.4 is 20.5 Å². The number of carbonyl (C=O) groups excluding carboxylic acids is 1. The van der Waals surface area contributed by atoms with Crippen molar-refractivity contribution in [3.8, 4) is 22.8 Å². The second-order valence-electron chi connectivity index (χ2n) is 8.48. The molecule has 5 rings (SSSR count). The van der Waals surface area contributed by atoms with Gasteiger partial charge in [0.2, 0.25) is 11.8 Å². The van der Waals surface area contributed by atoms with Gasteiger partial charge in [-0.05, 0) is 54.7 Å². The number of pyridine rings is 2. The number of rotatable bonds is 8. The lowest BCUT2D eigenvalue weighted by Crippen LogP contribution is -2.25. The number of nitrogen functional groups attached to an aromatic ring is 1. The molecule has 10 heteroatoms. The van der Waals surface area contributed by atoms with Gasteiger partial charge < -0.3 is 20.5 Å². The lowest BCUT2D eigenvalue weighted by molar-refractivity contribution is 0.0949. The Balaban J connectivity index is 1.35. The molecule has 3 heterocycles. The summed E-state index contributed by atoms with van der Waals surface area (Å²) in [4.78, 5) is 21.4. The van der Waals surface area contributed by atoms with E-state index >= 15 is 0 Å². The van der Waals surface area contributed by atoms with Crippen LogP contribution in [0.1, 0.15) is 35.2 Å². The molecule has 3 N–H and O–H groups in total. The maximum absolute atomic E-state index is 14.6. The molecule has 4 aromatic rings. The number of halogens is 1. The van der Waals surface area contributed by atoms with E-state index in [0.717, 1.165) is 18.4 Å². The summed E-state index contributed by atoms with van der Waals surface area (Å²) in [5.41, 5.74) is 8.16. The third kappa shape index (κ3) is 4.72. The number of anilines is 1. The SMILES string of the molecule is COc1ncc(C(=O)NCc2c(F)cccc2OCC2CCC2)cc1-c1ccn2nc(N)nc2c1. The monoisotopic (exact) mass is 476 g/mol. The van der Waals surface area contributed by atoms with Crippen molar-refractivity contribution in [2.75, 3.05) is 19.5 Å². The minimum absolute atomic E-state index is 0.0160. The Hall–Kier alpha value is -4.21. The van der Waals surface area contributed by atoms with Crippen molar-refractivity contribution in [2.24, 2.45) is 5.92 Å². The Kier molecular flexibility index (Phi) is 6.17. The van der Waals surface area contributed by atoms with Gasteiger partial charge in [-0.25, -0.2) is 13.9 Å². The van der Waals surface area contributed by atoms with Gasteiger partial charge in [0.1, 0.15) is 11.6 Å². The number of benzene rings is 1. The molecule has 1 amide bonds. The first kappa shape index (κ1) is 22.6. The minimum Gasteiger partial charge on any atom is -0.493 e. The predicted octanol–water partition coefficient (Wildman–Crippen LogP) is 3.63. The number of ether oxygens (including phenoxy) is 2. The normalized spacial score (nSPS) is 13.4. The second kappa shape index (κ2) is 9.57. The number of hydrogen-bond acceptors (Lipinski definition) is 7. The van der Waals surface area contributed by atoms with Crippen molar-refractivity contribution in [1.29, 1.82) is 0 Å². The van der Waals surface area contributed by atoms with Gasteiger partial charge in [0.25, 0.3) is 5.91 Å². The Morgan fingerprint density at radius 1 is 1.29 bits per heavy atom. The molecule has 0 radical (unpaired) electrons. The van der Waals surface area contributed by atoms with Crippen LogP contribution in [0.3, 0.4) is 0 Å². The number of nitrogens with two attached hydrogens (primary N) is 1. The minimum atomic E-state index is -0.425. The van der Waals surface area contributed by atoms with E-state index in [9.17, 15) is 9.18 Å². The molecule has 0 unspecified atom stereocenters. The molecule has 0 atom stereocenters. The first-order valence-electron chi connectivity index (χ1n) is 11.4. The lowest BCUT2D eigenvalue weighted by Gasteiger charge is -2.25. The van der Waals surface area contributed by atoms with Crippen molar-refractivity contribution in [2.45, 2.75) is 25.8 Å². The van der Waals surface area contributed by atoms with E-state index < -0.39 is 11.7 Å². The van der Waals surface area contributed by atoms with Gasteiger partial charge in [-0.2, -0.15) is 4.98 Å². The number of aromatic nitrogens is 4. The molecule has 1 saturated carbocycles. The van der Waals surface area contributed by atoms with Crippen LogP contribution >= 0.6 is 0 Å². The van der Waals surface area contributed by atoms with Crippen LogP contribution in [0.4, 0.5) is 10.3 Å². The standard InChI is InChI=1S/C25H25FN6O3/c1-34-24-18(16-8-9-32-22(11-16)30-25(27)31-32)10-17(12-29-24)23(33)28-13-19-20(26)6-3-7-21(19)35-14-15-4-2-5-15/h3,6-12,15H,2,4-5,13-14H2,1H3,(H2,27,31)(H,28,33). The van der Waals surface area contributed by atoms with Crippen LogP contribution in [-0.4, -0.2) is 39.2 Å². The number of amides is 1. The number of carbonyl (C=O) groups is 1. The van der Waals surface area contributed by atoms with Gasteiger partial charge in [-0.1, -0.05) is 12.5 Å². The molecule has 1 aliphatic carbocycles. The van der Waals surface area contributed by atoms with Crippen molar-refractivity contribution >= 4 is 17.5 Å². The first-order valence-corrected chi connectivity index (χ1v) is 11.4.